The molecule has 0 saturated carbocycles. The van der Waals surface area contributed by atoms with Crippen LogP contribution in [0, 0.1) is 0 Å². The van der Waals surface area contributed by atoms with Crippen molar-refractivity contribution in [2.24, 2.45) is 0 Å². The Morgan fingerprint density at radius 1 is 1.64 bits per heavy atom. The van der Waals surface area contributed by atoms with Crippen molar-refractivity contribution in [2.45, 2.75) is 38.2 Å². The van der Waals surface area contributed by atoms with Gasteiger partial charge in [0, 0.05) is 25.9 Å². The van der Waals surface area contributed by atoms with Crippen LogP contribution in [0.2, 0.25) is 0 Å². The smallest absolute Gasteiger partial charge is 0.260 e. The maximum atomic E-state index is 12.7. The van der Waals surface area contributed by atoms with Crippen molar-refractivity contribution in [1.82, 2.24) is 10.6 Å². The zero-order valence-electron chi connectivity index (χ0n) is 8.28. The molecule has 1 atom stereocenters. The highest BCUT2D eigenvalue weighted by Gasteiger charge is 2.34. The van der Waals surface area contributed by atoms with Gasteiger partial charge in [-0.05, 0) is 12.8 Å². The number of rotatable bonds is 3. The van der Waals surface area contributed by atoms with Crippen molar-refractivity contribution < 1.29 is 13.6 Å². The van der Waals surface area contributed by atoms with Gasteiger partial charge in [0.1, 0.15) is 0 Å². The Balaban J connectivity index is 2.13. The first-order valence-electron chi connectivity index (χ1n) is 4.85. The minimum Gasteiger partial charge on any atom is -0.356 e. The Morgan fingerprint density at radius 3 is 2.86 bits per heavy atom. The first-order valence-corrected chi connectivity index (χ1v) is 4.85. The highest BCUT2D eigenvalue weighted by Crippen LogP contribution is 2.25. The van der Waals surface area contributed by atoms with Gasteiger partial charge in [-0.3, -0.25) is 4.79 Å². The second-order valence-corrected chi connectivity index (χ2v) is 3.74. The van der Waals surface area contributed by atoms with E-state index >= 15 is 0 Å². The molecule has 0 aromatic heterocycles. The Hall–Kier alpha value is -0.710. The summed E-state index contributed by atoms with van der Waals surface area (Å²) in [5.74, 6) is -2.63. The van der Waals surface area contributed by atoms with Crippen molar-refractivity contribution in [3.8, 4) is 0 Å². The zero-order chi connectivity index (χ0) is 10.6. The first-order chi connectivity index (χ1) is 6.49. The Kier molecular flexibility index (Phi) is 3.80. The summed E-state index contributed by atoms with van der Waals surface area (Å²) in [6.07, 6.45) is 1.15. The fourth-order valence-electron chi connectivity index (χ4n) is 1.54. The number of piperidine rings is 1. The number of hydrogen-bond donors (Lipinski definition) is 2. The molecule has 0 radical (unpaired) electrons. The van der Waals surface area contributed by atoms with E-state index in [1.165, 1.54) is 6.92 Å². The number of amides is 1. The number of alkyl halides is 2. The molecule has 0 bridgehead atoms. The van der Waals surface area contributed by atoms with Crippen molar-refractivity contribution >= 4 is 5.91 Å². The van der Waals surface area contributed by atoms with E-state index in [4.69, 9.17) is 0 Å². The van der Waals surface area contributed by atoms with Crippen LogP contribution in [0.3, 0.4) is 0 Å². The lowest BCUT2D eigenvalue weighted by Crippen LogP contribution is -2.46. The second kappa shape index (κ2) is 4.68. The molecule has 1 heterocycles. The van der Waals surface area contributed by atoms with Crippen molar-refractivity contribution in [1.29, 1.82) is 0 Å². The monoisotopic (exact) mass is 206 g/mol. The van der Waals surface area contributed by atoms with Gasteiger partial charge in [0.15, 0.2) is 0 Å². The van der Waals surface area contributed by atoms with Crippen LogP contribution in [0.15, 0.2) is 0 Å². The molecule has 82 valence electrons. The van der Waals surface area contributed by atoms with Gasteiger partial charge in [0.2, 0.25) is 5.91 Å². The Bertz CT molecular complexity index is 199. The van der Waals surface area contributed by atoms with Crippen LogP contribution >= 0.6 is 0 Å². The molecule has 5 heteroatoms. The molecule has 1 saturated heterocycles. The minimum absolute atomic E-state index is 0.0509. The van der Waals surface area contributed by atoms with Gasteiger partial charge in [-0.15, -0.1) is 0 Å². The van der Waals surface area contributed by atoms with Crippen LogP contribution in [-0.2, 0) is 4.79 Å². The van der Waals surface area contributed by atoms with E-state index in [0.717, 1.165) is 6.42 Å². The fourth-order valence-corrected chi connectivity index (χ4v) is 1.54. The molecular formula is C9H16F2N2O. The summed E-state index contributed by atoms with van der Waals surface area (Å²) in [6, 6.07) is 0.112. The van der Waals surface area contributed by atoms with E-state index in [2.05, 4.69) is 10.6 Å². The molecule has 3 nitrogen and oxygen atoms in total. The Labute approximate surface area is 82.2 Å². The van der Waals surface area contributed by atoms with Crippen molar-refractivity contribution in [3.63, 3.8) is 0 Å². The van der Waals surface area contributed by atoms with Gasteiger partial charge < -0.3 is 10.6 Å². The predicted octanol–water partition coefficient (Wildman–Crippen LogP) is 0.900. The number of nitrogens with one attached hydrogen (secondary N) is 2. The number of carbonyl (C=O) groups excluding carboxylic acids is 1. The summed E-state index contributed by atoms with van der Waals surface area (Å²) in [5, 5.41) is 5.43. The van der Waals surface area contributed by atoms with E-state index in [1.54, 1.807) is 0 Å². The summed E-state index contributed by atoms with van der Waals surface area (Å²) >= 11 is 0. The summed E-state index contributed by atoms with van der Waals surface area (Å²) in [6.45, 7) is 1.76. The third-order valence-electron chi connectivity index (χ3n) is 2.37. The molecule has 0 aromatic carbocycles. The van der Waals surface area contributed by atoms with E-state index in [0.29, 0.717) is 13.0 Å². The number of hydrogen-bond acceptors (Lipinski definition) is 2. The summed E-state index contributed by atoms with van der Waals surface area (Å²) in [4.78, 5) is 10.5. The lowest BCUT2D eigenvalue weighted by Gasteiger charge is -2.29. The molecule has 0 unspecified atom stereocenters. The molecule has 1 aliphatic rings. The second-order valence-electron chi connectivity index (χ2n) is 3.74. The molecule has 2 N–H and O–H groups in total. The SMILES string of the molecule is CC(=O)NCC[C@H]1CCC(F)(F)CN1. The van der Waals surface area contributed by atoms with Crippen molar-refractivity contribution in [2.75, 3.05) is 13.1 Å². The van der Waals surface area contributed by atoms with Crippen LogP contribution in [0.5, 0.6) is 0 Å². The molecule has 14 heavy (non-hydrogen) atoms. The van der Waals surface area contributed by atoms with Gasteiger partial charge in [0.05, 0.1) is 6.54 Å². The quantitative estimate of drug-likeness (QED) is 0.720. The van der Waals surface area contributed by atoms with Crippen LogP contribution < -0.4 is 10.6 Å². The van der Waals surface area contributed by atoms with Gasteiger partial charge in [-0.2, -0.15) is 0 Å². The third kappa shape index (κ3) is 4.00. The average Bonchev–Trinajstić information content (AvgIpc) is 2.07. The van der Waals surface area contributed by atoms with Gasteiger partial charge in [-0.1, -0.05) is 0 Å². The molecule has 1 amide bonds. The number of halogens is 2. The largest absolute Gasteiger partial charge is 0.356 e. The molecule has 1 aliphatic heterocycles. The van der Waals surface area contributed by atoms with Crippen LogP contribution in [-0.4, -0.2) is 31.0 Å². The standard InChI is InChI=1S/C9H16F2N2O/c1-7(14)12-5-3-8-2-4-9(10,11)6-13-8/h8,13H,2-6H2,1H3,(H,12,14)/t8-/m1/s1. The van der Waals surface area contributed by atoms with Gasteiger partial charge in [0.25, 0.3) is 5.92 Å². The molecular weight excluding hydrogens is 190 g/mol. The van der Waals surface area contributed by atoms with Crippen molar-refractivity contribution in [3.05, 3.63) is 0 Å². The maximum Gasteiger partial charge on any atom is 0.260 e. The summed E-state index contributed by atoms with van der Waals surface area (Å²) < 4.78 is 25.4. The lowest BCUT2D eigenvalue weighted by molar-refractivity contribution is -0.119. The molecule has 0 aromatic rings. The minimum atomic E-state index is -2.55. The van der Waals surface area contributed by atoms with E-state index in [-0.39, 0.29) is 24.9 Å². The lowest BCUT2D eigenvalue weighted by atomic mass is 9.99. The molecule has 0 spiro atoms. The topological polar surface area (TPSA) is 41.1 Å². The maximum absolute atomic E-state index is 12.7. The fraction of sp³-hybridized carbons (Fsp3) is 0.889. The van der Waals surface area contributed by atoms with Gasteiger partial charge >= 0.3 is 0 Å². The van der Waals surface area contributed by atoms with Crippen LogP contribution in [0.1, 0.15) is 26.2 Å². The highest BCUT2D eigenvalue weighted by molar-refractivity contribution is 5.72. The normalized spacial score (nSPS) is 25.8. The zero-order valence-corrected chi connectivity index (χ0v) is 8.28. The van der Waals surface area contributed by atoms with Crippen LogP contribution in [0.4, 0.5) is 8.78 Å². The van der Waals surface area contributed by atoms with Crippen LogP contribution in [0.25, 0.3) is 0 Å². The number of carbonyl (C=O) groups is 1. The third-order valence-corrected chi connectivity index (χ3v) is 2.37. The van der Waals surface area contributed by atoms with E-state index in [1.807, 2.05) is 0 Å². The first kappa shape index (κ1) is 11.4. The highest BCUT2D eigenvalue weighted by atomic mass is 19.3. The van der Waals surface area contributed by atoms with E-state index in [9.17, 15) is 13.6 Å². The molecule has 0 aliphatic carbocycles. The van der Waals surface area contributed by atoms with E-state index < -0.39 is 5.92 Å². The average molecular weight is 206 g/mol. The van der Waals surface area contributed by atoms with Gasteiger partial charge in [-0.25, -0.2) is 8.78 Å². The summed E-state index contributed by atoms with van der Waals surface area (Å²) in [7, 11) is 0. The Morgan fingerprint density at radius 2 is 2.36 bits per heavy atom. The summed E-state index contributed by atoms with van der Waals surface area (Å²) in [5.41, 5.74) is 0. The predicted molar refractivity (Wildman–Crippen MR) is 49.3 cm³/mol. The molecule has 1 fully saturated rings. The molecule has 1 rings (SSSR count).